The first-order valence-corrected chi connectivity index (χ1v) is 6.39. The number of benzene rings is 1. The van der Waals surface area contributed by atoms with Crippen molar-refractivity contribution in [2.24, 2.45) is 5.73 Å². The first-order chi connectivity index (χ1) is 9.62. The summed E-state index contributed by atoms with van der Waals surface area (Å²) in [5, 5.41) is 2.75. The standard InChI is InChI=1S/C14H22N2O4/c1-18-8-4-5-11(15)14(17)16-10-6-7-12(19-2)13(9-10)20-3/h6-7,9,11H,4-5,8,15H2,1-3H3,(H,16,17). The van der Waals surface area contributed by atoms with Crippen LogP contribution in [0.1, 0.15) is 12.8 Å². The predicted molar refractivity (Wildman–Crippen MR) is 77.3 cm³/mol. The van der Waals surface area contributed by atoms with E-state index < -0.39 is 6.04 Å². The van der Waals surface area contributed by atoms with E-state index in [0.29, 0.717) is 30.2 Å². The van der Waals surface area contributed by atoms with E-state index in [4.69, 9.17) is 19.9 Å². The number of rotatable bonds is 8. The zero-order chi connectivity index (χ0) is 15.0. The van der Waals surface area contributed by atoms with Crippen molar-refractivity contribution in [2.45, 2.75) is 18.9 Å². The van der Waals surface area contributed by atoms with Gasteiger partial charge in [-0.3, -0.25) is 4.79 Å². The molecule has 1 amide bonds. The highest BCUT2D eigenvalue weighted by molar-refractivity contribution is 5.94. The summed E-state index contributed by atoms with van der Waals surface area (Å²) in [6, 6.07) is 4.60. The van der Waals surface area contributed by atoms with Crippen LogP contribution in [-0.2, 0) is 9.53 Å². The van der Waals surface area contributed by atoms with Gasteiger partial charge >= 0.3 is 0 Å². The summed E-state index contributed by atoms with van der Waals surface area (Å²) >= 11 is 0. The van der Waals surface area contributed by atoms with Crippen molar-refractivity contribution < 1.29 is 19.0 Å². The van der Waals surface area contributed by atoms with E-state index in [2.05, 4.69) is 5.32 Å². The van der Waals surface area contributed by atoms with Gasteiger partial charge in [0.25, 0.3) is 0 Å². The van der Waals surface area contributed by atoms with Crippen LogP contribution in [0.15, 0.2) is 18.2 Å². The second-order valence-corrected chi connectivity index (χ2v) is 4.30. The normalized spacial score (nSPS) is 11.8. The number of nitrogens with one attached hydrogen (secondary N) is 1. The van der Waals surface area contributed by atoms with Crippen molar-refractivity contribution in [2.75, 3.05) is 33.3 Å². The third-order valence-corrected chi connectivity index (χ3v) is 2.85. The Kier molecular flexibility index (Phi) is 6.83. The Balaban J connectivity index is 2.61. The molecule has 0 heterocycles. The van der Waals surface area contributed by atoms with Gasteiger partial charge in [-0.25, -0.2) is 0 Å². The molecule has 0 saturated heterocycles. The molecule has 1 atom stereocenters. The molecule has 0 aliphatic carbocycles. The maximum Gasteiger partial charge on any atom is 0.241 e. The fourth-order valence-corrected chi connectivity index (χ4v) is 1.73. The highest BCUT2D eigenvalue weighted by atomic mass is 16.5. The molecule has 6 heteroatoms. The maximum absolute atomic E-state index is 11.9. The Hall–Kier alpha value is -1.79. The molecule has 1 rings (SSSR count). The van der Waals surface area contributed by atoms with E-state index in [9.17, 15) is 4.79 Å². The molecular weight excluding hydrogens is 260 g/mol. The van der Waals surface area contributed by atoms with Crippen molar-refractivity contribution in [3.05, 3.63) is 18.2 Å². The summed E-state index contributed by atoms with van der Waals surface area (Å²) in [4.78, 5) is 11.9. The maximum atomic E-state index is 11.9. The molecule has 0 spiro atoms. The van der Waals surface area contributed by atoms with E-state index in [1.807, 2.05) is 0 Å². The first kappa shape index (κ1) is 16.3. The lowest BCUT2D eigenvalue weighted by molar-refractivity contribution is -0.117. The number of amides is 1. The van der Waals surface area contributed by atoms with Gasteiger partial charge in [0, 0.05) is 25.5 Å². The monoisotopic (exact) mass is 282 g/mol. The van der Waals surface area contributed by atoms with Crippen molar-refractivity contribution in [1.82, 2.24) is 0 Å². The SMILES string of the molecule is COCCCC(N)C(=O)Nc1ccc(OC)c(OC)c1. The molecule has 0 bridgehead atoms. The first-order valence-electron chi connectivity index (χ1n) is 6.39. The molecule has 112 valence electrons. The number of carbonyl (C=O) groups excluding carboxylic acids is 1. The minimum Gasteiger partial charge on any atom is -0.493 e. The molecule has 3 N–H and O–H groups in total. The minimum absolute atomic E-state index is 0.228. The van der Waals surface area contributed by atoms with E-state index in [1.54, 1.807) is 39.5 Å². The van der Waals surface area contributed by atoms with E-state index in [0.717, 1.165) is 6.42 Å². The van der Waals surface area contributed by atoms with Crippen molar-refractivity contribution in [3.63, 3.8) is 0 Å². The van der Waals surface area contributed by atoms with E-state index in [-0.39, 0.29) is 5.91 Å². The molecule has 1 unspecified atom stereocenters. The number of anilines is 1. The molecule has 0 aliphatic rings. The van der Waals surface area contributed by atoms with Gasteiger partial charge in [0.05, 0.1) is 20.3 Å². The lowest BCUT2D eigenvalue weighted by Crippen LogP contribution is -2.35. The Labute approximate surface area is 119 Å². The minimum atomic E-state index is -0.557. The van der Waals surface area contributed by atoms with Crippen LogP contribution in [-0.4, -0.2) is 39.9 Å². The van der Waals surface area contributed by atoms with E-state index in [1.165, 1.54) is 0 Å². The Morgan fingerprint density at radius 1 is 1.25 bits per heavy atom. The van der Waals surface area contributed by atoms with Crippen LogP contribution < -0.4 is 20.5 Å². The highest BCUT2D eigenvalue weighted by Gasteiger charge is 2.14. The van der Waals surface area contributed by atoms with Crippen LogP contribution in [0.4, 0.5) is 5.69 Å². The Morgan fingerprint density at radius 3 is 2.55 bits per heavy atom. The summed E-state index contributed by atoms with van der Waals surface area (Å²) in [7, 11) is 4.72. The molecule has 0 radical (unpaired) electrons. The van der Waals surface area contributed by atoms with Crippen LogP contribution in [0.3, 0.4) is 0 Å². The van der Waals surface area contributed by atoms with Crippen molar-refractivity contribution in [3.8, 4) is 11.5 Å². The molecule has 20 heavy (non-hydrogen) atoms. The molecule has 0 fully saturated rings. The number of nitrogens with two attached hydrogens (primary N) is 1. The average Bonchev–Trinajstić information content (AvgIpc) is 2.47. The lowest BCUT2D eigenvalue weighted by Gasteiger charge is -2.14. The zero-order valence-corrected chi connectivity index (χ0v) is 12.1. The average molecular weight is 282 g/mol. The molecule has 0 aromatic heterocycles. The van der Waals surface area contributed by atoms with Gasteiger partial charge < -0.3 is 25.3 Å². The van der Waals surface area contributed by atoms with Crippen LogP contribution in [0.25, 0.3) is 0 Å². The van der Waals surface area contributed by atoms with Crippen LogP contribution in [0, 0.1) is 0 Å². The fraction of sp³-hybridized carbons (Fsp3) is 0.500. The van der Waals surface area contributed by atoms with Gasteiger partial charge in [-0.2, -0.15) is 0 Å². The predicted octanol–water partition coefficient (Wildman–Crippen LogP) is 1.40. The van der Waals surface area contributed by atoms with Gasteiger partial charge in [0.1, 0.15) is 0 Å². The van der Waals surface area contributed by atoms with Crippen LogP contribution in [0.2, 0.25) is 0 Å². The lowest BCUT2D eigenvalue weighted by atomic mass is 10.1. The summed E-state index contributed by atoms with van der Waals surface area (Å²) in [5.74, 6) is 0.932. The summed E-state index contributed by atoms with van der Waals surface area (Å²) < 4.78 is 15.2. The summed E-state index contributed by atoms with van der Waals surface area (Å²) in [5.41, 5.74) is 6.43. The summed E-state index contributed by atoms with van der Waals surface area (Å²) in [6.45, 7) is 0.595. The number of methoxy groups -OCH3 is 3. The number of carbonyl (C=O) groups is 1. The van der Waals surface area contributed by atoms with Gasteiger partial charge in [0.15, 0.2) is 11.5 Å². The van der Waals surface area contributed by atoms with Crippen molar-refractivity contribution >= 4 is 11.6 Å². The molecule has 6 nitrogen and oxygen atoms in total. The molecular formula is C14H22N2O4. The molecule has 0 saturated carbocycles. The molecule has 1 aromatic carbocycles. The second-order valence-electron chi connectivity index (χ2n) is 4.30. The van der Waals surface area contributed by atoms with Crippen molar-refractivity contribution in [1.29, 1.82) is 0 Å². The van der Waals surface area contributed by atoms with Gasteiger partial charge in [-0.15, -0.1) is 0 Å². The Morgan fingerprint density at radius 2 is 1.95 bits per heavy atom. The quantitative estimate of drug-likeness (QED) is 0.704. The third-order valence-electron chi connectivity index (χ3n) is 2.85. The van der Waals surface area contributed by atoms with Gasteiger partial charge in [-0.05, 0) is 25.0 Å². The Bertz CT molecular complexity index is 437. The molecule has 1 aromatic rings. The zero-order valence-electron chi connectivity index (χ0n) is 12.1. The number of hydrogen-bond donors (Lipinski definition) is 2. The van der Waals surface area contributed by atoms with Crippen LogP contribution >= 0.6 is 0 Å². The third kappa shape index (κ3) is 4.71. The van der Waals surface area contributed by atoms with E-state index >= 15 is 0 Å². The number of ether oxygens (including phenoxy) is 3. The highest BCUT2D eigenvalue weighted by Crippen LogP contribution is 2.29. The van der Waals surface area contributed by atoms with Crippen LogP contribution in [0.5, 0.6) is 11.5 Å². The molecule has 0 aliphatic heterocycles. The largest absolute Gasteiger partial charge is 0.493 e. The topological polar surface area (TPSA) is 82.8 Å². The fourth-order valence-electron chi connectivity index (χ4n) is 1.73. The van der Waals surface area contributed by atoms with Gasteiger partial charge in [0.2, 0.25) is 5.91 Å². The van der Waals surface area contributed by atoms with Gasteiger partial charge in [-0.1, -0.05) is 0 Å². The number of hydrogen-bond acceptors (Lipinski definition) is 5. The smallest absolute Gasteiger partial charge is 0.241 e. The summed E-state index contributed by atoms with van der Waals surface area (Å²) in [6.07, 6.45) is 1.32. The second kappa shape index (κ2) is 8.39.